The molecule has 1 atom stereocenters. The lowest BCUT2D eigenvalue weighted by Gasteiger charge is -2.07. The molecule has 0 aromatic heterocycles. The van der Waals surface area contributed by atoms with E-state index < -0.39 is 12.1 Å². The van der Waals surface area contributed by atoms with Gasteiger partial charge in [0, 0.05) is 0 Å². The molecule has 0 saturated heterocycles. The van der Waals surface area contributed by atoms with Crippen LogP contribution in [-0.4, -0.2) is 22.8 Å². The number of ether oxygens (including phenoxy) is 1. The van der Waals surface area contributed by atoms with Crippen molar-refractivity contribution < 1.29 is 19.7 Å². The van der Waals surface area contributed by atoms with Gasteiger partial charge in [0.1, 0.15) is 12.4 Å². The summed E-state index contributed by atoms with van der Waals surface area (Å²) in [5.41, 5.74) is 0.301. The number of hydrogen-bond donors (Lipinski definition) is 2. The molecule has 0 amide bonds. The van der Waals surface area contributed by atoms with Crippen LogP contribution >= 0.6 is 0 Å². The number of rotatable bonds is 4. The van der Waals surface area contributed by atoms with E-state index in [1.54, 1.807) is 12.1 Å². The Labute approximate surface area is 87.1 Å². The average molecular weight is 206 g/mol. The molecule has 0 radical (unpaired) electrons. The third kappa shape index (κ3) is 3.01. The van der Waals surface area contributed by atoms with Gasteiger partial charge in [0.25, 0.3) is 0 Å². The van der Waals surface area contributed by atoms with E-state index in [9.17, 15) is 9.90 Å². The molecule has 0 unspecified atom stereocenters. The van der Waals surface area contributed by atoms with Crippen LogP contribution in [0.15, 0.2) is 24.3 Å². The van der Waals surface area contributed by atoms with Crippen molar-refractivity contribution in [1.29, 1.82) is 0 Å². The average Bonchev–Trinajstić information content (AvgIpc) is 2.26. The van der Waals surface area contributed by atoms with Gasteiger partial charge in [0.05, 0.1) is 0 Å². The topological polar surface area (TPSA) is 66.8 Å². The van der Waals surface area contributed by atoms with E-state index in [1.807, 2.05) is 0 Å². The molecular formula is C11H10O4. The van der Waals surface area contributed by atoms with Crippen LogP contribution < -0.4 is 4.74 Å². The van der Waals surface area contributed by atoms with E-state index in [2.05, 4.69) is 5.92 Å². The van der Waals surface area contributed by atoms with E-state index in [0.717, 1.165) is 0 Å². The lowest BCUT2D eigenvalue weighted by atomic mass is 10.1. The van der Waals surface area contributed by atoms with Crippen molar-refractivity contribution in [2.24, 2.45) is 0 Å². The number of benzene rings is 1. The van der Waals surface area contributed by atoms with Crippen LogP contribution in [0.25, 0.3) is 0 Å². The molecule has 0 aliphatic heterocycles. The fraction of sp³-hybridized carbons (Fsp3) is 0.182. The van der Waals surface area contributed by atoms with Crippen molar-refractivity contribution >= 4 is 5.97 Å². The van der Waals surface area contributed by atoms with Crippen LogP contribution in [0.1, 0.15) is 11.7 Å². The lowest BCUT2D eigenvalue weighted by Crippen LogP contribution is -2.10. The summed E-state index contributed by atoms with van der Waals surface area (Å²) in [6.07, 6.45) is 3.49. The first-order chi connectivity index (χ1) is 7.15. The quantitative estimate of drug-likeness (QED) is 0.715. The van der Waals surface area contributed by atoms with Crippen LogP contribution in [0.2, 0.25) is 0 Å². The number of carboxylic acid groups (broad SMARTS) is 1. The molecule has 0 bridgehead atoms. The van der Waals surface area contributed by atoms with Crippen LogP contribution in [-0.2, 0) is 4.79 Å². The Morgan fingerprint density at radius 2 is 2.07 bits per heavy atom. The largest absolute Gasteiger partial charge is 0.481 e. The second-order valence-electron chi connectivity index (χ2n) is 2.80. The minimum Gasteiger partial charge on any atom is -0.481 e. The standard InChI is InChI=1S/C11H10O4/c1-2-7-15-9-5-3-8(4-6-9)10(12)11(13)14/h1,3-6,10,12H,7H2,(H,13,14)/t10-/m1/s1. The fourth-order valence-corrected chi connectivity index (χ4v) is 1.01. The van der Waals surface area contributed by atoms with Gasteiger partial charge in [-0.25, -0.2) is 4.79 Å². The van der Waals surface area contributed by atoms with E-state index in [4.69, 9.17) is 16.3 Å². The maximum atomic E-state index is 10.4. The summed E-state index contributed by atoms with van der Waals surface area (Å²) in [6.45, 7) is 0.154. The number of terminal acetylenes is 1. The second kappa shape index (κ2) is 5.03. The minimum absolute atomic E-state index is 0.154. The van der Waals surface area contributed by atoms with Crippen LogP contribution in [0.5, 0.6) is 5.75 Å². The summed E-state index contributed by atoms with van der Waals surface area (Å²) < 4.78 is 5.09. The van der Waals surface area contributed by atoms with Gasteiger partial charge in [-0.3, -0.25) is 0 Å². The molecular weight excluding hydrogens is 196 g/mol. The molecule has 4 nitrogen and oxygen atoms in total. The Balaban J connectivity index is 2.72. The monoisotopic (exact) mass is 206 g/mol. The summed E-state index contributed by atoms with van der Waals surface area (Å²) in [7, 11) is 0. The third-order valence-corrected chi connectivity index (χ3v) is 1.75. The number of aliphatic hydroxyl groups excluding tert-OH is 1. The van der Waals surface area contributed by atoms with Crippen molar-refractivity contribution in [2.75, 3.05) is 6.61 Å². The van der Waals surface area contributed by atoms with Crippen LogP contribution in [0.4, 0.5) is 0 Å². The molecule has 0 saturated carbocycles. The molecule has 1 rings (SSSR count). The van der Waals surface area contributed by atoms with Gasteiger partial charge < -0.3 is 14.9 Å². The lowest BCUT2D eigenvalue weighted by molar-refractivity contribution is -0.146. The summed E-state index contributed by atoms with van der Waals surface area (Å²) >= 11 is 0. The number of carboxylic acids is 1. The van der Waals surface area contributed by atoms with Crippen molar-refractivity contribution in [3.05, 3.63) is 29.8 Å². The number of aliphatic carboxylic acids is 1. The molecule has 0 fully saturated rings. The van der Waals surface area contributed by atoms with Gasteiger partial charge in [0.2, 0.25) is 0 Å². The molecule has 0 spiro atoms. The molecule has 4 heteroatoms. The summed E-state index contributed by atoms with van der Waals surface area (Å²) in [6, 6.07) is 6.06. The molecule has 2 N–H and O–H groups in total. The second-order valence-corrected chi connectivity index (χ2v) is 2.80. The van der Waals surface area contributed by atoms with E-state index >= 15 is 0 Å². The molecule has 15 heavy (non-hydrogen) atoms. The maximum Gasteiger partial charge on any atom is 0.337 e. The fourth-order valence-electron chi connectivity index (χ4n) is 1.01. The zero-order valence-electron chi connectivity index (χ0n) is 7.88. The summed E-state index contributed by atoms with van der Waals surface area (Å²) in [4.78, 5) is 10.4. The Morgan fingerprint density at radius 3 is 2.53 bits per heavy atom. The first kappa shape index (κ1) is 11.1. The Hall–Kier alpha value is -1.99. The predicted molar refractivity (Wildman–Crippen MR) is 53.4 cm³/mol. The highest BCUT2D eigenvalue weighted by molar-refractivity contribution is 5.74. The molecule has 0 aliphatic rings. The van der Waals surface area contributed by atoms with Crippen LogP contribution in [0, 0.1) is 12.3 Å². The van der Waals surface area contributed by atoms with Gasteiger partial charge in [-0.2, -0.15) is 0 Å². The molecule has 0 heterocycles. The first-order valence-electron chi connectivity index (χ1n) is 4.22. The van der Waals surface area contributed by atoms with Gasteiger partial charge >= 0.3 is 5.97 Å². The first-order valence-corrected chi connectivity index (χ1v) is 4.22. The highest BCUT2D eigenvalue weighted by Crippen LogP contribution is 2.17. The van der Waals surface area contributed by atoms with Crippen molar-refractivity contribution in [2.45, 2.75) is 6.10 Å². The molecule has 1 aromatic rings. The molecule has 0 aliphatic carbocycles. The Morgan fingerprint density at radius 1 is 1.47 bits per heavy atom. The van der Waals surface area contributed by atoms with Gasteiger partial charge in [-0.15, -0.1) is 6.42 Å². The smallest absolute Gasteiger partial charge is 0.337 e. The molecule has 78 valence electrons. The number of hydrogen-bond acceptors (Lipinski definition) is 3. The van der Waals surface area contributed by atoms with E-state index in [-0.39, 0.29) is 6.61 Å². The number of aliphatic hydroxyl groups is 1. The van der Waals surface area contributed by atoms with E-state index in [1.165, 1.54) is 12.1 Å². The van der Waals surface area contributed by atoms with E-state index in [0.29, 0.717) is 11.3 Å². The SMILES string of the molecule is C#CCOc1ccc([C@@H](O)C(=O)O)cc1. The van der Waals surface area contributed by atoms with Gasteiger partial charge in [0.15, 0.2) is 6.10 Å². The zero-order chi connectivity index (χ0) is 11.3. The summed E-state index contributed by atoms with van der Waals surface area (Å²) in [5.74, 6) is 1.56. The Kier molecular flexibility index (Phi) is 3.72. The highest BCUT2D eigenvalue weighted by Gasteiger charge is 2.15. The number of carbonyl (C=O) groups is 1. The van der Waals surface area contributed by atoms with Crippen LogP contribution in [0.3, 0.4) is 0 Å². The zero-order valence-corrected chi connectivity index (χ0v) is 7.88. The van der Waals surface area contributed by atoms with Crippen molar-refractivity contribution in [1.82, 2.24) is 0 Å². The Bertz CT molecular complexity index is 375. The van der Waals surface area contributed by atoms with Crippen molar-refractivity contribution in [3.8, 4) is 18.1 Å². The van der Waals surface area contributed by atoms with Gasteiger partial charge in [-0.05, 0) is 17.7 Å². The minimum atomic E-state index is -1.51. The normalized spacial score (nSPS) is 11.5. The van der Waals surface area contributed by atoms with Crippen molar-refractivity contribution in [3.63, 3.8) is 0 Å². The summed E-state index contributed by atoms with van der Waals surface area (Å²) in [5, 5.41) is 17.7. The third-order valence-electron chi connectivity index (χ3n) is 1.75. The molecule has 1 aromatic carbocycles. The maximum absolute atomic E-state index is 10.4. The highest BCUT2D eigenvalue weighted by atomic mass is 16.5. The predicted octanol–water partition coefficient (Wildman–Crippen LogP) is 0.817. The van der Waals surface area contributed by atoms with Gasteiger partial charge in [-0.1, -0.05) is 18.1 Å².